The van der Waals surface area contributed by atoms with Crippen LogP contribution in [0.3, 0.4) is 0 Å². The van der Waals surface area contributed by atoms with E-state index >= 15 is 0 Å². The van der Waals surface area contributed by atoms with Gasteiger partial charge in [0, 0.05) is 0 Å². The highest BCUT2D eigenvalue weighted by molar-refractivity contribution is 5.75. The maximum atomic E-state index is 11.6. The molecule has 0 atom stereocenters. The van der Waals surface area contributed by atoms with Gasteiger partial charge in [0.25, 0.3) is 0 Å². The summed E-state index contributed by atoms with van der Waals surface area (Å²) >= 11 is 0. The number of aliphatic hydroxyl groups is 1. The normalized spacial score (nSPS) is 11.7. The quantitative estimate of drug-likeness (QED) is 0.619. The van der Waals surface area contributed by atoms with Crippen molar-refractivity contribution in [3.05, 3.63) is 102 Å². The van der Waals surface area contributed by atoms with Gasteiger partial charge in [-0.3, -0.25) is 0 Å². The van der Waals surface area contributed by atoms with Gasteiger partial charge < -0.3 is 9.67 Å². The number of imidazole rings is 1. The monoisotopic (exact) mass is 314 g/mol. The lowest BCUT2D eigenvalue weighted by Crippen LogP contribution is -2.32. The van der Waals surface area contributed by atoms with E-state index in [0.29, 0.717) is 6.54 Å². The van der Waals surface area contributed by atoms with Crippen molar-refractivity contribution in [2.24, 2.45) is 0 Å². The standard InChI is InChI=1S/C21H18N2O/c24-21(17-9-3-1-4-10-17,18-11-5-2-6-12-18)15-23-16-22-19-13-7-8-14-20(19)23/h1-14,16,24H,15H2. The Morgan fingerprint density at radius 3 is 1.92 bits per heavy atom. The van der Waals surface area contributed by atoms with Gasteiger partial charge in [0.1, 0.15) is 5.60 Å². The molecule has 0 aliphatic rings. The van der Waals surface area contributed by atoms with Crippen molar-refractivity contribution in [2.45, 2.75) is 12.1 Å². The molecule has 3 nitrogen and oxygen atoms in total. The Morgan fingerprint density at radius 2 is 1.29 bits per heavy atom. The summed E-state index contributed by atoms with van der Waals surface area (Å²) in [6.45, 7) is 0.404. The minimum Gasteiger partial charge on any atom is -0.378 e. The average Bonchev–Trinajstić information content (AvgIpc) is 3.06. The molecule has 0 saturated carbocycles. The molecule has 0 amide bonds. The zero-order valence-corrected chi connectivity index (χ0v) is 13.2. The molecule has 4 aromatic rings. The Balaban J connectivity index is 1.85. The average molecular weight is 314 g/mol. The van der Waals surface area contributed by atoms with E-state index in [2.05, 4.69) is 4.98 Å². The van der Waals surface area contributed by atoms with Gasteiger partial charge in [-0.15, -0.1) is 0 Å². The van der Waals surface area contributed by atoms with E-state index in [1.54, 1.807) is 6.33 Å². The number of nitrogens with zero attached hydrogens (tertiary/aromatic N) is 2. The molecule has 0 aliphatic heterocycles. The van der Waals surface area contributed by atoms with E-state index in [4.69, 9.17) is 0 Å². The van der Waals surface area contributed by atoms with E-state index < -0.39 is 5.60 Å². The van der Waals surface area contributed by atoms with Gasteiger partial charge in [-0.2, -0.15) is 0 Å². The lowest BCUT2D eigenvalue weighted by molar-refractivity contribution is 0.0624. The van der Waals surface area contributed by atoms with Crippen LogP contribution in [-0.2, 0) is 12.1 Å². The fourth-order valence-electron chi connectivity index (χ4n) is 3.16. The molecule has 3 heteroatoms. The summed E-state index contributed by atoms with van der Waals surface area (Å²) in [6, 6.07) is 27.6. The van der Waals surface area contributed by atoms with Crippen LogP contribution in [0.1, 0.15) is 11.1 Å². The molecule has 3 aromatic carbocycles. The van der Waals surface area contributed by atoms with Crippen molar-refractivity contribution in [2.75, 3.05) is 0 Å². The number of fused-ring (bicyclic) bond motifs is 1. The van der Waals surface area contributed by atoms with Crippen LogP contribution in [0.4, 0.5) is 0 Å². The highest BCUT2D eigenvalue weighted by Gasteiger charge is 2.32. The van der Waals surface area contributed by atoms with Crippen molar-refractivity contribution in [1.29, 1.82) is 0 Å². The van der Waals surface area contributed by atoms with Gasteiger partial charge >= 0.3 is 0 Å². The van der Waals surface area contributed by atoms with Crippen LogP contribution in [-0.4, -0.2) is 14.7 Å². The van der Waals surface area contributed by atoms with E-state index in [1.165, 1.54) is 0 Å². The molecule has 0 radical (unpaired) electrons. The lowest BCUT2D eigenvalue weighted by Gasteiger charge is -2.30. The smallest absolute Gasteiger partial charge is 0.132 e. The number of aromatic nitrogens is 2. The number of rotatable bonds is 4. The summed E-state index contributed by atoms with van der Waals surface area (Å²) in [7, 11) is 0. The largest absolute Gasteiger partial charge is 0.378 e. The minimum atomic E-state index is -1.12. The summed E-state index contributed by atoms with van der Waals surface area (Å²) in [5.41, 5.74) is 2.57. The molecule has 0 unspecified atom stereocenters. The Morgan fingerprint density at radius 1 is 0.750 bits per heavy atom. The van der Waals surface area contributed by atoms with Crippen LogP contribution >= 0.6 is 0 Å². The maximum Gasteiger partial charge on any atom is 0.132 e. The summed E-state index contributed by atoms with van der Waals surface area (Å²) in [4.78, 5) is 4.44. The second kappa shape index (κ2) is 5.95. The number of benzene rings is 3. The minimum absolute atomic E-state index is 0.404. The molecule has 1 heterocycles. The molecule has 1 aromatic heterocycles. The van der Waals surface area contributed by atoms with Gasteiger partial charge in [-0.05, 0) is 23.3 Å². The molecule has 0 saturated heterocycles. The zero-order chi connectivity index (χ0) is 16.4. The maximum absolute atomic E-state index is 11.6. The SMILES string of the molecule is OC(Cn1cnc2ccccc21)(c1ccccc1)c1ccccc1. The Hall–Kier alpha value is -2.91. The summed E-state index contributed by atoms with van der Waals surface area (Å²) in [6.07, 6.45) is 1.79. The van der Waals surface area contributed by atoms with Crippen molar-refractivity contribution in [3.8, 4) is 0 Å². The number of hydrogen-bond donors (Lipinski definition) is 1. The van der Waals surface area contributed by atoms with Crippen molar-refractivity contribution >= 4 is 11.0 Å². The second-order valence-corrected chi connectivity index (χ2v) is 5.95. The summed E-state index contributed by atoms with van der Waals surface area (Å²) in [5.74, 6) is 0. The Bertz CT molecular complexity index is 906. The lowest BCUT2D eigenvalue weighted by atomic mass is 9.86. The fraction of sp³-hybridized carbons (Fsp3) is 0.0952. The predicted octanol–water partition coefficient (Wildman–Crippen LogP) is 3.97. The highest BCUT2D eigenvalue weighted by Crippen LogP contribution is 2.32. The van der Waals surface area contributed by atoms with Crippen LogP contribution in [0.25, 0.3) is 11.0 Å². The van der Waals surface area contributed by atoms with E-state index in [1.807, 2.05) is 89.5 Å². The first kappa shape index (κ1) is 14.7. The summed E-state index contributed by atoms with van der Waals surface area (Å²) < 4.78 is 2.01. The first-order chi connectivity index (χ1) is 11.8. The first-order valence-corrected chi connectivity index (χ1v) is 8.01. The van der Waals surface area contributed by atoms with Crippen LogP contribution in [0.5, 0.6) is 0 Å². The van der Waals surface area contributed by atoms with Gasteiger partial charge in [0.05, 0.1) is 23.9 Å². The number of hydrogen-bond acceptors (Lipinski definition) is 2. The van der Waals surface area contributed by atoms with Crippen molar-refractivity contribution in [1.82, 2.24) is 9.55 Å². The second-order valence-electron chi connectivity index (χ2n) is 5.95. The molecule has 0 bridgehead atoms. The zero-order valence-electron chi connectivity index (χ0n) is 13.2. The van der Waals surface area contributed by atoms with Gasteiger partial charge in [-0.25, -0.2) is 4.98 Å². The molecule has 118 valence electrons. The molecular weight excluding hydrogens is 296 g/mol. The van der Waals surface area contributed by atoms with E-state index in [0.717, 1.165) is 22.2 Å². The predicted molar refractivity (Wildman–Crippen MR) is 95.6 cm³/mol. The molecule has 24 heavy (non-hydrogen) atoms. The van der Waals surface area contributed by atoms with Crippen molar-refractivity contribution in [3.63, 3.8) is 0 Å². The van der Waals surface area contributed by atoms with Gasteiger partial charge in [0.15, 0.2) is 0 Å². The summed E-state index contributed by atoms with van der Waals surface area (Å²) in [5, 5.41) is 11.6. The molecule has 4 rings (SSSR count). The third-order valence-electron chi connectivity index (χ3n) is 4.43. The Labute approximate surface area is 140 Å². The molecule has 0 aliphatic carbocycles. The van der Waals surface area contributed by atoms with Crippen LogP contribution in [0.2, 0.25) is 0 Å². The van der Waals surface area contributed by atoms with Crippen LogP contribution in [0.15, 0.2) is 91.3 Å². The third-order valence-corrected chi connectivity index (χ3v) is 4.43. The first-order valence-electron chi connectivity index (χ1n) is 8.01. The van der Waals surface area contributed by atoms with Crippen molar-refractivity contribution < 1.29 is 5.11 Å². The van der Waals surface area contributed by atoms with Gasteiger partial charge in [-0.1, -0.05) is 72.8 Å². The van der Waals surface area contributed by atoms with Gasteiger partial charge in [0.2, 0.25) is 0 Å². The topological polar surface area (TPSA) is 38.0 Å². The van der Waals surface area contributed by atoms with Crippen LogP contribution in [0, 0.1) is 0 Å². The third kappa shape index (κ3) is 2.49. The fourth-order valence-corrected chi connectivity index (χ4v) is 3.16. The number of para-hydroxylation sites is 2. The molecular formula is C21H18N2O. The Kier molecular flexibility index (Phi) is 3.63. The molecule has 1 N–H and O–H groups in total. The van der Waals surface area contributed by atoms with Crippen LogP contribution < -0.4 is 0 Å². The van der Waals surface area contributed by atoms with E-state index in [-0.39, 0.29) is 0 Å². The molecule has 0 spiro atoms. The van der Waals surface area contributed by atoms with E-state index in [9.17, 15) is 5.11 Å². The highest BCUT2D eigenvalue weighted by atomic mass is 16.3. The molecule has 0 fully saturated rings.